The van der Waals surface area contributed by atoms with Crippen LogP contribution in [0.2, 0.25) is 0 Å². The third-order valence-corrected chi connectivity index (χ3v) is 4.32. The molecule has 4 atom stereocenters. The summed E-state index contributed by atoms with van der Waals surface area (Å²) in [5.74, 6) is -2.81. The Labute approximate surface area is 181 Å². The fraction of sp³-hybridized carbons (Fsp3) is 0.474. The molecule has 0 aliphatic carbocycles. The summed E-state index contributed by atoms with van der Waals surface area (Å²) in [6.07, 6.45) is -3.19. The number of hydrogen-bond acceptors (Lipinski definition) is 12. The Morgan fingerprint density at radius 1 is 1.06 bits per heavy atom. The third-order valence-electron chi connectivity index (χ3n) is 4.32. The second kappa shape index (κ2) is 9.60. The van der Waals surface area contributed by atoms with Crippen LogP contribution >= 0.6 is 0 Å². The van der Waals surface area contributed by atoms with Gasteiger partial charge in [0.2, 0.25) is 0 Å². The molecule has 13 heteroatoms. The van der Waals surface area contributed by atoms with Gasteiger partial charge in [-0.05, 0) is 12.1 Å². The highest BCUT2D eigenvalue weighted by Crippen LogP contribution is 2.36. The minimum atomic E-state index is -1.21. The van der Waals surface area contributed by atoms with Gasteiger partial charge in [-0.2, -0.15) is 4.98 Å². The van der Waals surface area contributed by atoms with Gasteiger partial charge in [-0.15, -0.1) is 5.10 Å². The Kier molecular flexibility index (Phi) is 6.88. The molecule has 3 rings (SSSR count). The van der Waals surface area contributed by atoms with Crippen LogP contribution in [0, 0.1) is 0 Å². The summed E-state index contributed by atoms with van der Waals surface area (Å²) in [5, 5.41) is 4.13. The van der Waals surface area contributed by atoms with Gasteiger partial charge in [0.1, 0.15) is 12.7 Å². The quantitative estimate of drug-likeness (QED) is 0.428. The minimum absolute atomic E-state index is 0.0623. The standard InChI is InChI=1S/C19H21N3O10/c1-9(23)29-8-13-14(30-10(2)24)15(31-11(3)25)18(32-13)22-17(12-6-5-7-28-12)20-16(21-22)19(26)27-4/h5-7,13-15,18H,8H2,1-4H3/t13-,14-,15-,18-/m1/s1. The molecule has 2 aromatic heterocycles. The summed E-state index contributed by atoms with van der Waals surface area (Å²) in [4.78, 5) is 51.0. The Morgan fingerprint density at radius 3 is 2.31 bits per heavy atom. The number of esters is 4. The van der Waals surface area contributed by atoms with Crippen molar-refractivity contribution in [3.8, 4) is 11.6 Å². The van der Waals surface area contributed by atoms with Crippen molar-refractivity contribution in [1.29, 1.82) is 0 Å². The zero-order valence-corrected chi connectivity index (χ0v) is 17.7. The van der Waals surface area contributed by atoms with Gasteiger partial charge in [0, 0.05) is 20.8 Å². The fourth-order valence-corrected chi connectivity index (χ4v) is 3.14. The van der Waals surface area contributed by atoms with E-state index in [2.05, 4.69) is 14.8 Å². The summed E-state index contributed by atoms with van der Waals surface area (Å²) in [6.45, 7) is 3.23. The fourth-order valence-electron chi connectivity index (χ4n) is 3.14. The summed E-state index contributed by atoms with van der Waals surface area (Å²) in [7, 11) is 1.16. The molecule has 0 spiro atoms. The first-order valence-corrected chi connectivity index (χ1v) is 9.43. The summed E-state index contributed by atoms with van der Waals surface area (Å²) >= 11 is 0. The Hall–Kier alpha value is -3.74. The molecule has 0 amide bonds. The molecule has 3 heterocycles. The topological polar surface area (TPSA) is 158 Å². The second-order valence-corrected chi connectivity index (χ2v) is 6.69. The van der Waals surface area contributed by atoms with Crippen molar-refractivity contribution in [2.75, 3.05) is 13.7 Å². The van der Waals surface area contributed by atoms with Crippen LogP contribution in [0.5, 0.6) is 0 Å². The van der Waals surface area contributed by atoms with E-state index in [0.29, 0.717) is 0 Å². The molecule has 0 radical (unpaired) electrons. The van der Waals surface area contributed by atoms with Crippen LogP contribution in [0.1, 0.15) is 37.6 Å². The minimum Gasteiger partial charge on any atom is -0.463 e. The van der Waals surface area contributed by atoms with Crippen LogP contribution in [0.3, 0.4) is 0 Å². The molecule has 13 nitrogen and oxygen atoms in total. The van der Waals surface area contributed by atoms with Crippen molar-refractivity contribution in [1.82, 2.24) is 14.8 Å². The van der Waals surface area contributed by atoms with Crippen molar-refractivity contribution >= 4 is 23.9 Å². The predicted octanol–water partition coefficient (Wildman–Crippen LogP) is 0.649. The predicted molar refractivity (Wildman–Crippen MR) is 101 cm³/mol. The smallest absolute Gasteiger partial charge is 0.377 e. The molecule has 0 saturated carbocycles. The lowest BCUT2D eigenvalue weighted by molar-refractivity contribution is -0.166. The summed E-state index contributed by atoms with van der Waals surface area (Å²) in [5.41, 5.74) is 0. The average molecular weight is 451 g/mol. The van der Waals surface area contributed by atoms with Crippen molar-refractivity contribution in [3.05, 3.63) is 24.2 Å². The maximum Gasteiger partial charge on any atom is 0.377 e. The van der Waals surface area contributed by atoms with Gasteiger partial charge in [0.25, 0.3) is 5.82 Å². The van der Waals surface area contributed by atoms with Crippen LogP contribution in [0.4, 0.5) is 0 Å². The normalized spacial score (nSPS) is 22.2. The Bertz CT molecular complexity index is 999. The molecule has 2 aromatic rings. The van der Waals surface area contributed by atoms with Gasteiger partial charge in [0.05, 0.1) is 13.4 Å². The lowest BCUT2D eigenvalue weighted by Gasteiger charge is -2.23. The van der Waals surface area contributed by atoms with Crippen molar-refractivity contribution in [2.24, 2.45) is 0 Å². The van der Waals surface area contributed by atoms with Gasteiger partial charge in [-0.1, -0.05) is 0 Å². The van der Waals surface area contributed by atoms with Gasteiger partial charge < -0.3 is 28.1 Å². The zero-order chi connectivity index (χ0) is 23.4. The van der Waals surface area contributed by atoms with Gasteiger partial charge in [-0.25, -0.2) is 9.48 Å². The monoisotopic (exact) mass is 451 g/mol. The van der Waals surface area contributed by atoms with Gasteiger partial charge in [-0.3, -0.25) is 14.4 Å². The zero-order valence-electron chi connectivity index (χ0n) is 17.7. The number of carbonyl (C=O) groups is 4. The highest BCUT2D eigenvalue weighted by molar-refractivity contribution is 5.85. The molecule has 0 unspecified atom stereocenters. The molecule has 1 saturated heterocycles. The van der Waals surface area contributed by atoms with E-state index in [1.54, 1.807) is 12.1 Å². The molecule has 1 aliphatic heterocycles. The van der Waals surface area contributed by atoms with Crippen LogP contribution in [0.25, 0.3) is 11.6 Å². The molecular formula is C19H21N3O10. The third kappa shape index (κ3) is 4.94. The van der Waals surface area contributed by atoms with E-state index < -0.39 is 48.4 Å². The highest BCUT2D eigenvalue weighted by Gasteiger charge is 2.52. The Balaban J connectivity index is 2.07. The Morgan fingerprint density at radius 2 is 1.75 bits per heavy atom. The number of methoxy groups -OCH3 is 1. The maximum atomic E-state index is 12.0. The van der Waals surface area contributed by atoms with E-state index in [0.717, 1.165) is 18.7 Å². The van der Waals surface area contributed by atoms with Gasteiger partial charge in [0.15, 0.2) is 30.0 Å². The number of rotatable bonds is 7. The molecule has 0 aromatic carbocycles. The number of nitrogens with zero attached hydrogens (tertiary/aromatic N) is 3. The molecule has 0 N–H and O–H groups in total. The molecule has 1 fully saturated rings. The van der Waals surface area contributed by atoms with E-state index in [4.69, 9.17) is 23.4 Å². The molecule has 32 heavy (non-hydrogen) atoms. The van der Waals surface area contributed by atoms with E-state index >= 15 is 0 Å². The van der Waals surface area contributed by atoms with E-state index in [1.807, 2.05) is 0 Å². The van der Waals surface area contributed by atoms with Crippen molar-refractivity contribution < 1.29 is 47.3 Å². The number of hydrogen-bond donors (Lipinski definition) is 0. The van der Waals surface area contributed by atoms with E-state index in [-0.39, 0.29) is 24.0 Å². The highest BCUT2D eigenvalue weighted by atomic mass is 16.7. The summed E-state index contributed by atoms with van der Waals surface area (Å²) in [6, 6.07) is 3.16. The maximum absolute atomic E-state index is 12.0. The molecule has 1 aliphatic rings. The largest absolute Gasteiger partial charge is 0.463 e. The molecular weight excluding hydrogens is 430 g/mol. The molecule has 172 valence electrons. The summed E-state index contributed by atoms with van der Waals surface area (Å²) < 4.78 is 32.8. The van der Waals surface area contributed by atoms with Crippen molar-refractivity contribution in [2.45, 2.75) is 45.3 Å². The second-order valence-electron chi connectivity index (χ2n) is 6.69. The number of furan rings is 1. The van der Waals surface area contributed by atoms with Crippen molar-refractivity contribution in [3.63, 3.8) is 0 Å². The van der Waals surface area contributed by atoms with E-state index in [1.165, 1.54) is 20.1 Å². The van der Waals surface area contributed by atoms with Gasteiger partial charge >= 0.3 is 23.9 Å². The van der Waals surface area contributed by atoms with Crippen LogP contribution in [-0.4, -0.2) is 70.7 Å². The van der Waals surface area contributed by atoms with E-state index in [9.17, 15) is 19.2 Å². The number of ether oxygens (including phenoxy) is 5. The van der Waals surface area contributed by atoms with Crippen LogP contribution < -0.4 is 0 Å². The SMILES string of the molecule is COC(=O)c1nc(-c2ccco2)n([C@@H]2O[C@H](COC(C)=O)[C@@H](OC(C)=O)[C@H]2OC(C)=O)n1. The first kappa shape index (κ1) is 22.9. The number of carbonyl (C=O) groups excluding carboxylic acids is 4. The lowest BCUT2D eigenvalue weighted by atomic mass is 10.1. The average Bonchev–Trinajstić information content (AvgIpc) is 3.45. The molecule has 0 bridgehead atoms. The first-order valence-electron chi connectivity index (χ1n) is 9.43. The number of aromatic nitrogens is 3. The first-order chi connectivity index (χ1) is 15.2. The van der Waals surface area contributed by atoms with Crippen LogP contribution in [-0.2, 0) is 38.1 Å². The lowest BCUT2D eigenvalue weighted by Crippen LogP contribution is -2.40. The van der Waals surface area contributed by atoms with Crippen LogP contribution in [0.15, 0.2) is 22.8 Å².